The van der Waals surface area contributed by atoms with Gasteiger partial charge in [0.05, 0.1) is 22.3 Å². The molecule has 1 atom stereocenters. The molecular weight excluding hydrogens is 291 g/mol. The van der Waals surface area contributed by atoms with Crippen molar-refractivity contribution in [1.82, 2.24) is 0 Å². The summed E-state index contributed by atoms with van der Waals surface area (Å²) in [6.45, 7) is 3.47. The van der Waals surface area contributed by atoms with Gasteiger partial charge in [-0.25, -0.2) is 4.79 Å². The first-order valence-electron chi connectivity index (χ1n) is 5.26. The fourth-order valence-corrected chi connectivity index (χ4v) is 1.91. The molecule has 0 spiro atoms. The quantitative estimate of drug-likeness (QED) is 0.729. The number of nitrogens with two attached hydrogens (primary N) is 1. The van der Waals surface area contributed by atoms with Gasteiger partial charge in [0.2, 0.25) is 5.91 Å². The van der Waals surface area contributed by atoms with Gasteiger partial charge in [0, 0.05) is 5.02 Å². The number of aromatic carboxylic acids is 1. The minimum absolute atomic E-state index is 0.0249. The zero-order valence-corrected chi connectivity index (χ0v) is 11.3. The molecule has 0 aliphatic heterocycles. The Morgan fingerprint density at radius 2 is 2.11 bits per heavy atom. The van der Waals surface area contributed by atoms with Gasteiger partial charge in [0.25, 0.3) is 0 Å². The van der Waals surface area contributed by atoms with Crippen molar-refractivity contribution in [3.8, 4) is 0 Å². The molecule has 0 aromatic heterocycles. The highest BCUT2D eigenvalue weighted by molar-refractivity contribution is 6.37. The second kappa shape index (κ2) is 6.56. The first kappa shape index (κ1) is 15.5. The van der Waals surface area contributed by atoms with Gasteiger partial charge in [-0.15, -0.1) is 6.58 Å². The molecule has 0 aliphatic rings. The van der Waals surface area contributed by atoms with Gasteiger partial charge in [-0.1, -0.05) is 29.3 Å². The number of carbonyl (C=O) groups excluding carboxylic acids is 1. The molecular formula is C12H12Cl2N2O3. The van der Waals surface area contributed by atoms with E-state index in [1.807, 2.05) is 0 Å². The number of carboxylic acids is 1. The van der Waals surface area contributed by atoms with Crippen LogP contribution >= 0.6 is 23.2 Å². The minimum atomic E-state index is -1.25. The molecule has 1 amide bonds. The summed E-state index contributed by atoms with van der Waals surface area (Å²) in [5.41, 5.74) is 5.36. The van der Waals surface area contributed by atoms with Crippen LogP contribution in [0, 0.1) is 0 Å². The molecule has 0 bridgehead atoms. The minimum Gasteiger partial charge on any atom is -0.478 e. The lowest BCUT2D eigenvalue weighted by atomic mass is 10.1. The third-order valence-electron chi connectivity index (χ3n) is 2.29. The highest BCUT2D eigenvalue weighted by Crippen LogP contribution is 2.30. The standard InChI is InChI=1S/C12H12Cl2N2O3/c1-2-3-9(15)11(17)16-10-7(12(18)19)4-6(13)5-8(10)14/h2,4-5,9H,1,3,15H2,(H,16,17)(H,18,19). The van der Waals surface area contributed by atoms with Crippen molar-refractivity contribution >= 4 is 40.8 Å². The Hall–Kier alpha value is -1.56. The SMILES string of the molecule is C=CCC(N)C(=O)Nc1c(Cl)cc(Cl)cc1C(=O)O. The molecule has 1 aromatic carbocycles. The van der Waals surface area contributed by atoms with Crippen LogP contribution in [-0.4, -0.2) is 23.0 Å². The average Bonchev–Trinajstić information content (AvgIpc) is 2.32. The molecule has 1 rings (SSSR count). The van der Waals surface area contributed by atoms with Crippen molar-refractivity contribution in [2.45, 2.75) is 12.5 Å². The van der Waals surface area contributed by atoms with E-state index >= 15 is 0 Å². The van der Waals surface area contributed by atoms with Crippen LogP contribution in [0.3, 0.4) is 0 Å². The number of amides is 1. The highest BCUT2D eigenvalue weighted by Gasteiger charge is 2.19. The maximum absolute atomic E-state index is 11.7. The van der Waals surface area contributed by atoms with Crippen LogP contribution in [0.2, 0.25) is 10.0 Å². The number of halogens is 2. The first-order valence-corrected chi connectivity index (χ1v) is 6.02. The van der Waals surface area contributed by atoms with E-state index in [0.717, 1.165) is 0 Å². The van der Waals surface area contributed by atoms with Gasteiger partial charge in [-0.05, 0) is 18.6 Å². The fourth-order valence-electron chi connectivity index (χ4n) is 1.37. The summed E-state index contributed by atoms with van der Waals surface area (Å²) in [5, 5.41) is 11.6. The molecule has 0 radical (unpaired) electrons. The number of hydrogen-bond acceptors (Lipinski definition) is 3. The molecule has 1 aromatic rings. The van der Waals surface area contributed by atoms with Gasteiger partial charge in [-0.3, -0.25) is 4.79 Å². The summed E-state index contributed by atoms with van der Waals surface area (Å²) in [6, 6.07) is 1.71. The number of carbonyl (C=O) groups is 2. The summed E-state index contributed by atoms with van der Waals surface area (Å²) in [5.74, 6) is -1.80. The summed E-state index contributed by atoms with van der Waals surface area (Å²) >= 11 is 11.6. The second-order valence-corrected chi connectivity index (χ2v) is 4.58. The molecule has 19 heavy (non-hydrogen) atoms. The van der Waals surface area contributed by atoms with E-state index in [9.17, 15) is 9.59 Å². The molecule has 102 valence electrons. The molecule has 7 heteroatoms. The summed E-state index contributed by atoms with van der Waals surface area (Å²) in [4.78, 5) is 22.8. The largest absolute Gasteiger partial charge is 0.478 e. The lowest BCUT2D eigenvalue weighted by Crippen LogP contribution is -2.35. The molecule has 0 saturated carbocycles. The second-order valence-electron chi connectivity index (χ2n) is 3.74. The van der Waals surface area contributed by atoms with Gasteiger partial charge in [0.15, 0.2) is 0 Å². The van der Waals surface area contributed by atoms with Gasteiger partial charge in [-0.2, -0.15) is 0 Å². The zero-order valence-electron chi connectivity index (χ0n) is 9.82. The van der Waals surface area contributed by atoms with E-state index < -0.39 is 17.9 Å². The molecule has 0 heterocycles. The van der Waals surface area contributed by atoms with E-state index in [0.29, 0.717) is 0 Å². The maximum Gasteiger partial charge on any atom is 0.337 e. The zero-order chi connectivity index (χ0) is 14.6. The molecule has 0 fully saturated rings. The summed E-state index contributed by atoms with van der Waals surface area (Å²) < 4.78 is 0. The van der Waals surface area contributed by atoms with Crippen LogP contribution < -0.4 is 11.1 Å². The maximum atomic E-state index is 11.7. The van der Waals surface area contributed by atoms with Crippen molar-refractivity contribution in [1.29, 1.82) is 0 Å². The van der Waals surface area contributed by atoms with Gasteiger partial charge in [0.1, 0.15) is 0 Å². The van der Waals surface area contributed by atoms with Crippen molar-refractivity contribution in [3.63, 3.8) is 0 Å². The molecule has 1 unspecified atom stereocenters. The smallest absolute Gasteiger partial charge is 0.337 e. The van der Waals surface area contributed by atoms with Gasteiger partial charge >= 0.3 is 5.97 Å². The van der Waals surface area contributed by atoms with Crippen molar-refractivity contribution in [2.24, 2.45) is 5.73 Å². The van der Waals surface area contributed by atoms with Crippen molar-refractivity contribution in [3.05, 3.63) is 40.4 Å². The van der Waals surface area contributed by atoms with Crippen LogP contribution in [0.15, 0.2) is 24.8 Å². The molecule has 5 nitrogen and oxygen atoms in total. The van der Waals surface area contributed by atoms with E-state index in [-0.39, 0.29) is 27.7 Å². The Morgan fingerprint density at radius 3 is 2.63 bits per heavy atom. The first-order chi connectivity index (χ1) is 8.86. The monoisotopic (exact) mass is 302 g/mol. The van der Waals surface area contributed by atoms with E-state index in [1.54, 1.807) is 0 Å². The van der Waals surface area contributed by atoms with Crippen molar-refractivity contribution < 1.29 is 14.7 Å². The molecule has 4 N–H and O–H groups in total. The van der Waals surface area contributed by atoms with Crippen LogP contribution in [0.4, 0.5) is 5.69 Å². The third-order valence-corrected chi connectivity index (χ3v) is 2.81. The topological polar surface area (TPSA) is 92.4 Å². The number of nitrogens with one attached hydrogen (secondary N) is 1. The van der Waals surface area contributed by atoms with Crippen LogP contribution in [-0.2, 0) is 4.79 Å². The highest BCUT2D eigenvalue weighted by atomic mass is 35.5. The number of hydrogen-bond donors (Lipinski definition) is 3. The van der Waals surface area contributed by atoms with E-state index in [2.05, 4.69) is 11.9 Å². The van der Waals surface area contributed by atoms with Crippen LogP contribution in [0.25, 0.3) is 0 Å². The molecule has 0 aliphatic carbocycles. The summed E-state index contributed by atoms with van der Waals surface area (Å²) in [6.07, 6.45) is 1.76. The third kappa shape index (κ3) is 3.96. The normalized spacial score (nSPS) is 11.7. The van der Waals surface area contributed by atoms with E-state index in [4.69, 9.17) is 34.0 Å². The Bertz CT molecular complexity index is 532. The number of anilines is 1. The molecule has 0 saturated heterocycles. The number of carboxylic acid groups (broad SMARTS) is 1. The summed E-state index contributed by atoms with van der Waals surface area (Å²) in [7, 11) is 0. The Balaban J connectivity index is 3.10. The predicted molar refractivity (Wildman–Crippen MR) is 74.8 cm³/mol. The van der Waals surface area contributed by atoms with Gasteiger partial charge < -0.3 is 16.2 Å². The van der Waals surface area contributed by atoms with Crippen molar-refractivity contribution in [2.75, 3.05) is 5.32 Å². The lowest BCUT2D eigenvalue weighted by Gasteiger charge is -2.14. The Morgan fingerprint density at radius 1 is 1.47 bits per heavy atom. The number of benzene rings is 1. The van der Waals surface area contributed by atoms with Crippen LogP contribution in [0.1, 0.15) is 16.8 Å². The number of rotatable bonds is 5. The predicted octanol–water partition coefficient (Wildman–Crippen LogP) is 2.53. The lowest BCUT2D eigenvalue weighted by molar-refractivity contribution is -0.117. The Kier molecular flexibility index (Phi) is 5.35. The average molecular weight is 303 g/mol. The Labute approximate surface area is 120 Å². The fraction of sp³-hybridized carbons (Fsp3) is 0.167. The van der Waals surface area contributed by atoms with Crippen LogP contribution in [0.5, 0.6) is 0 Å². The van der Waals surface area contributed by atoms with E-state index in [1.165, 1.54) is 18.2 Å².